The summed E-state index contributed by atoms with van der Waals surface area (Å²) in [6, 6.07) is 0. The van der Waals surface area contributed by atoms with E-state index >= 15 is 0 Å². The van der Waals surface area contributed by atoms with E-state index in [1.54, 1.807) is 7.11 Å². The monoisotopic (exact) mass is 152 g/mol. The van der Waals surface area contributed by atoms with Crippen LogP contribution in [0.4, 0.5) is 0 Å². The maximum Gasteiger partial charge on any atom is 0.0953 e. The van der Waals surface area contributed by atoms with E-state index in [0.29, 0.717) is 5.41 Å². The smallest absolute Gasteiger partial charge is 0.0953 e. The Bertz CT molecular complexity index is 187. The third-order valence-corrected chi connectivity index (χ3v) is 2.01. The molecule has 1 nitrogen and oxygen atoms in total. The van der Waals surface area contributed by atoms with Crippen molar-refractivity contribution in [2.24, 2.45) is 5.41 Å². The van der Waals surface area contributed by atoms with E-state index in [1.165, 1.54) is 0 Å². The average Bonchev–Trinajstić information content (AvgIpc) is 2.10. The minimum atomic E-state index is 0.306. The van der Waals surface area contributed by atoms with E-state index in [2.05, 4.69) is 32.1 Å². The zero-order chi connectivity index (χ0) is 8.32. The highest BCUT2D eigenvalue weighted by molar-refractivity contribution is 5.10. The number of hydrogen-bond acceptors (Lipinski definition) is 1. The summed E-state index contributed by atoms with van der Waals surface area (Å²) in [5, 5.41) is 0. The molecule has 0 fully saturated rings. The van der Waals surface area contributed by atoms with Crippen LogP contribution in [-0.4, -0.2) is 7.11 Å². The molecule has 0 spiro atoms. The molecular formula is C10H16O. The van der Waals surface area contributed by atoms with Crippen molar-refractivity contribution in [3.63, 3.8) is 0 Å². The zero-order valence-corrected chi connectivity index (χ0v) is 7.55. The summed E-state index contributed by atoms with van der Waals surface area (Å²) in [6.07, 6.45) is 8.64. The van der Waals surface area contributed by atoms with Gasteiger partial charge in [-0.15, -0.1) is 0 Å². The number of hydrogen-bond donors (Lipinski definition) is 0. The van der Waals surface area contributed by atoms with Gasteiger partial charge in [-0.05, 0) is 17.9 Å². The second kappa shape index (κ2) is 3.12. The normalized spacial score (nSPS) is 22.3. The molecule has 0 saturated heterocycles. The van der Waals surface area contributed by atoms with Gasteiger partial charge in [-0.1, -0.05) is 26.0 Å². The predicted molar refractivity (Wildman–Crippen MR) is 47.2 cm³/mol. The standard InChI is InChI=1S/C10H16O/c1-10(2)7-4-5-9(11-3)6-8-10/h4,6-7H,5,8H2,1-3H3. The molecule has 0 amide bonds. The van der Waals surface area contributed by atoms with Crippen LogP contribution >= 0.6 is 0 Å². The predicted octanol–water partition coefficient (Wildman–Crippen LogP) is 2.89. The molecule has 0 heterocycles. The topological polar surface area (TPSA) is 9.23 Å². The highest BCUT2D eigenvalue weighted by Gasteiger charge is 2.14. The van der Waals surface area contributed by atoms with Gasteiger partial charge in [0.2, 0.25) is 0 Å². The summed E-state index contributed by atoms with van der Waals surface area (Å²) in [5.74, 6) is 1.09. The molecule has 0 aliphatic heterocycles. The third kappa shape index (κ3) is 2.41. The van der Waals surface area contributed by atoms with E-state index in [-0.39, 0.29) is 0 Å². The van der Waals surface area contributed by atoms with Crippen LogP contribution in [0.3, 0.4) is 0 Å². The molecule has 0 atom stereocenters. The molecule has 62 valence electrons. The van der Waals surface area contributed by atoms with Gasteiger partial charge in [0.25, 0.3) is 0 Å². The summed E-state index contributed by atoms with van der Waals surface area (Å²) < 4.78 is 5.17. The largest absolute Gasteiger partial charge is 0.501 e. The van der Waals surface area contributed by atoms with Crippen molar-refractivity contribution in [2.45, 2.75) is 26.7 Å². The lowest BCUT2D eigenvalue weighted by Gasteiger charge is -2.15. The van der Waals surface area contributed by atoms with Gasteiger partial charge in [0.15, 0.2) is 0 Å². The van der Waals surface area contributed by atoms with Gasteiger partial charge >= 0.3 is 0 Å². The minimum Gasteiger partial charge on any atom is -0.501 e. The van der Waals surface area contributed by atoms with Crippen LogP contribution in [0.25, 0.3) is 0 Å². The fraction of sp³-hybridized carbons (Fsp3) is 0.600. The fourth-order valence-corrected chi connectivity index (χ4v) is 1.19. The quantitative estimate of drug-likeness (QED) is 0.525. The molecular weight excluding hydrogens is 136 g/mol. The Labute approximate surface area is 68.8 Å². The highest BCUT2D eigenvalue weighted by atomic mass is 16.5. The van der Waals surface area contributed by atoms with Gasteiger partial charge in [0.05, 0.1) is 12.9 Å². The van der Waals surface area contributed by atoms with Gasteiger partial charge in [0.1, 0.15) is 0 Å². The molecule has 0 N–H and O–H groups in total. The molecule has 1 rings (SSSR count). The van der Waals surface area contributed by atoms with Crippen molar-refractivity contribution >= 4 is 0 Å². The summed E-state index contributed by atoms with van der Waals surface area (Å²) in [5.41, 5.74) is 0.306. The Morgan fingerprint density at radius 3 is 2.82 bits per heavy atom. The second-order valence-electron chi connectivity index (χ2n) is 3.67. The summed E-state index contributed by atoms with van der Waals surface area (Å²) >= 11 is 0. The van der Waals surface area contributed by atoms with Crippen LogP contribution in [0.1, 0.15) is 26.7 Å². The molecule has 0 aromatic rings. The molecule has 0 aromatic heterocycles. The van der Waals surface area contributed by atoms with Gasteiger partial charge in [-0.25, -0.2) is 0 Å². The number of ether oxygens (including phenoxy) is 1. The Morgan fingerprint density at radius 2 is 2.18 bits per heavy atom. The highest BCUT2D eigenvalue weighted by Crippen LogP contribution is 2.27. The first-order chi connectivity index (χ1) is 5.14. The average molecular weight is 152 g/mol. The van der Waals surface area contributed by atoms with Gasteiger partial charge < -0.3 is 4.74 Å². The lowest BCUT2D eigenvalue weighted by molar-refractivity contribution is 0.282. The van der Waals surface area contributed by atoms with E-state index in [1.807, 2.05) is 0 Å². The Hall–Kier alpha value is -0.720. The van der Waals surface area contributed by atoms with Gasteiger partial charge in [-0.3, -0.25) is 0 Å². The SMILES string of the molecule is COC1=CCC(C)(C)C=CC1. The van der Waals surface area contributed by atoms with E-state index in [0.717, 1.165) is 18.6 Å². The molecule has 0 saturated carbocycles. The maximum absolute atomic E-state index is 5.17. The molecule has 0 radical (unpaired) electrons. The second-order valence-corrected chi connectivity index (χ2v) is 3.67. The molecule has 0 bridgehead atoms. The van der Waals surface area contributed by atoms with Gasteiger partial charge in [-0.2, -0.15) is 0 Å². The lowest BCUT2D eigenvalue weighted by atomic mass is 9.90. The van der Waals surface area contributed by atoms with Crippen molar-refractivity contribution in [3.8, 4) is 0 Å². The van der Waals surface area contributed by atoms with Crippen LogP contribution in [0.2, 0.25) is 0 Å². The molecule has 0 unspecified atom stereocenters. The number of allylic oxidation sites excluding steroid dienone is 3. The van der Waals surface area contributed by atoms with Crippen LogP contribution in [0, 0.1) is 5.41 Å². The molecule has 1 aliphatic rings. The van der Waals surface area contributed by atoms with Crippen molar-refractivity contribution in [1.29, 1.82) is 0 Å². The van der Waals surface area contributed by atoms with E-state index in [4.69, 9.17) is 4.74 Å². The van der Waals surface area contributed by atoms with Crippen LogP contribution < -0.4 is 0 Å². The first kappa shape index (κ1) is 8.38. The molecule has 0 aromatic carbocycles. The van der Waals surface area contributed by atoms with Crippen LogP contribution in [0.15, 0.2) is 24.0 Å². The Balaban J connectivity index is 2.68. The van der Waals surface area contributed by atoms with Crippen molar-refractivity contribution in [1.82, 2.24) is 0 Å². The number of methoxy groups -OCH3 is 1. The first-order valence-corrected chi connectivity index (χ1v) is 4.05. The van der Waals surface area contributed by atoms with Gasteiger partial charge in [0, 0.05) is 6.42 Å². The summed E-state index contributed by atoms with van der Waals surface area (Å²) in [4.78, 5) is 0. The lowest BCUT2D eigenvalue weighted by Crippen LogP contribution is -2.03. The number of rotatable bonds is 1. The van der Waals surface area contributed by atoms with Crippen molar-refractivity contribution in [2.75, 3.05) is 7.11 Å². The molecule has 1 heteroatoms. The Morgan fingerprint density at radius 1 is 1.45 bits per heavy atom. The molecule has 11 heavy (non-hydrogen) atoms. The summed E-state index contributed by atoms with van der Waals surface area (Å²) in [6.45, 7) is 4.47. The summed E-state index contributed by atoms with van der Waals surface area (Å²) in [7, 11) is 1.73. The fourth-order valence-electron chi connectivity index (χ4n) is 1.19. The van der Waals surface area contributed by atoms with Crippen LogP contribution in [-0.2, 0) is 4.74 Å². The van der Waals surface area contributed by atoms with Crippen molar-refractivity contribution in [3.05, 3.63) is 24.0 Å². The molecule has 1 aliphatic carbocycles. The minimum absolute atomic E-state index is 0.306. The van der Waals surface area contributed by atoms with E-state index in [9.17, 15) is 0 Å². The zero-order valence-electron chi connectivity index (χ0n) is 7.55. The van der Waals surface area contributed by atoms with Crippen molar-refractivity contribution < 1.29 is 4.74 Å². The van der Waals surface area contributed by atoms with E-state index < -0.39 is 0 Å². The maximum atomic E-state index is 5.17. The first-order valence-electron chi connectivity index (χ1n) is 4.05. The van der Waals surface area contributed by atoms with Crippen LogP contribution in [0.5, 0.6) is 0 Å². The Kier molecular flexibility index (Phi) is 2.38. The third-order valence-electron chi connectivity index (χ3n) is 2.01.